The smallest absolute Gasteiger partial charge is 0.224 e. The third-order valence-corrected chi connectivity index (χ3v) is 3.56. The van der Waals surface area contributed by atoms with Crippen molar-refractivity contribution >= 4 is 5.91 Å². The molecule has 0 unspecified atom stereocenters. The molecule has 2 rings (SSSR count). The Morgan fingerprint density at radius 1 is 1.18 bits per heavy atom. The maximum Gasteiger partial charge on any atom is 0.224 e. The number of benzene rings is 1. The largest absolute Gasteiger partial charge is 0.356 e. The summed E-state index contributed by atoms with van der Waals surface area (Å²) >= 11 is 0. The molecule has 2 nitrogen and oxygen atoms in total. The molecule has 0 spiro atoms. The minimum absolute atomic E-state index is 0.147. The van der Waals surface area contributed by atoms with Crippen LogP contribution in [0.3, 0.4) is 0 Å². The van der Waals surface area contributed by atoms with E-state index in [2.05, 4.69) is 5.32 Å². The maximum absolute atomic E-state index is 11.7. The fourth-order valence-corrected chi connectivity index (χ4v) is 2.56. The van der Waals surface area contributed by atoms with Crippen molar-refractivity contribution in [1.82, 2.24) is 5.32 Å². The van der Waals surface area contributed by atoms with E-state index in [4.69, 9.17) is 0 Å². The Morgan fingerprint density at radius 3 is 2.59 bits per heavy atom. The number of carbonyl (C=O) groups excluding carboxylic acids is 1. The third-order valence-electron chi connectivity index (χ3n) is 3.56. The summed E-state index contributed by atoms with van der Waals surface area (Å²) in [6, 6.07) is 9.91. The van der Waals surface area contributed by atoms with E-state index < -0.39 is 0 Å². The van der Waals surface area contributed by atoms with Crippen molar-refractivity contribution in [2.45, 2.75) is 38.5 Å². The molecular weight excluding hydrogens is 210 g/mol. The monoisotopic (exact) mass is 231 g/mol. The van der Waals surface area contributed by atoms with E-state index in [1.807, 2.05) is 30.3 Å². The Hall–Kier alpha value is -1.31. The molecule has 92 valence electrons. The van der Waals surface area contributed by atoms with Crippen LogP contribution >= 0.6 is 0 Å². The fraction of sp³-hybridized carbons (Fsp3) is 0.533. The second-order valence-electron chi connectivity index (χ2n) is 4.95. The first kappa shape index (κ1) is 12.2. The lowest BCUT2D eigenvalue weighted by molar-refractivity contribution is -0.120. The van der Waals surface area contributed by atoms with Gasteiger partial charge in [-0.25, -0.2) is 0 Å². The van der Waals surface area contributed by atoms with E-state index in [1.165, 1.54) is 25.7 Å². The lowest BCUT2D eigenvalue weighted by atomic mass is 10.0. The van der Waals surface area contributed by atoms with Gasteiger partial charge in [0.2, 0.25) is 5.91 Å². The lowest BCUT2D eigenvalue weighted by Gasteiger charge is -2.09. The van der Waals surface area contributed by atoms with Gasteiger partial charge in [0.15, 0.2) is 0 Å². The molecule has 0 heterocycles. The highest BCUT2D eigenvalue weighted by molar-refractivity contribution is 5.78. The van der Waals surface area contributed by atoms with Gasteiger partial charge in [-0.1, -0.05) is 56.0 Å². The average Bonchev–Trinajstić information content (AvgIpc) is 2.83. The van der Waals surface area contributed by atoms with Crippen LogP contribution in [-0.4, -0.2) is 12.5 Å². The highest BCUT2D eigenvalue weighted by Gasteiger charge is 2.14. The van der Waals surface area contributed by atoms with Gasteiger partial charge >= 0.3 is 0 Å². The zero-order valence-corrected chi connectivity index (χ0v) is 10.3. The van der Waals surface area contributed by atoms with E-state index in [9.17, 15) is 4.79 Å². The van der Waals surface area contributed by atoms with Crippen molar-refractivity contribution in [3.05, 3.63) is 35.9 Å². The summed E-state index contributed by atoms with van der Waals surface area (Å²) in [4.78, 5) is 11.7. The van der Waals surface area contributed by atoms with E-state index >= 15 is 0 Å². The molecule has 1 aliphatic rings. The average molecular weight is 231 g/mol. The molecular formula is C15H21NO. The van der Waals surface area contributed by atoms with Crippen molar-refractivity contribution in [3.63, 3.8) is 0 Å². The van der Waals surface area contributed by atoms with E-state index in [1.54, 1.807) is 0 Å². The van der Waals surface area contributed by atoms with Gasteiger partial charge in [-0.15, -0.1) is 0 Å². The highest BCUT2D eigenvalue weighted by atomic mass is 16.1. The van der Waals surface area contributed by atoms with Gasteiger partial charge in [0.25, 0.3) is 0 Å². The molecule has 1 aliphatic carbocycles. The van der Waals surface area contributed by atoms with Gasteiger partial charge in [0.05, 0.1) is 6.42 Å². The van der Waals surface area contributed by atoms with Crippen LogP contribution in [0.5, 0.6) is 0 Å². The second-order valence-corrected chi connectivity index (χ2v) is 4.95. The molecule has 0 aliphatic heterocycles. The molecule has 1 aromatic rings. The third kappa shape index (κ3) is 4.22. The normalized spacial score (nSPS) is 16.0. The number of hydrogen-bond donors (Lipinski definition) is 1. The molecule has 0 saturated heterocycles. The molecule has 0 atom stereocenters. The minimum atomic E-state index is 0.147. The Morgan fingerprint density at radius 2 is 1.88 bits per heavy atom. The van der Waals surface area contributed by atoms with Crippen LogP contribution in [-0.2, 0) is 11.2 Å². The Balaban J connectivity index is 1.64. The van der Waals surface area contributed by atoms with Crippen molar-refractivity contribution in [2.75, 3.05) is 6.54 Å². The minimum Gasteiger partial charge on any atom is -0.356 e. The quantitative estimate of drug-likeness (QED) is 0.829. The van der Waals surface area contributed by atoms with Crippen molar-refractivity contribution in [1.29, 1.82) is 0 Å². The molecule has 1 amide bonds. The Bertz CT molecular complexity index is 341. The Kier molecular flexibility index (Phi) is 4.60. The summed E-state index contributed by atoms with van der Waals surface area (Å²) in [6.45, 7) is 0.844. The van der Waals surface area contributed by atoms with Gasteiger partial charge in [-0.2, -0.15) is 0 Å². The summed E-state index contributed by atoms with van der Waals surface area (Å²) in [6.07, 6.45) is 7.13. The van der Waals surface area contributed by atoms with E-state index in [-0.39, 0.29) is 5.91 Å². The SMILES string of the molecule is O=C(Cc1ccccc1)NCCC1CCCC1. The first-order chi connectivity index (χ1) is 8.34. The van der Waals surface area contributed by atoms with Crippen LogP contribution in [0.25, 0.3) is 0 Å². The molecule has 1 aromatic carbocycles. The number of hydrogen-bond acceptors (Lipinski definition) is 1. The summed E-state index contributed by atoms with van der Waals surface area (Å²) < 4.78 is 0. The Labute approximate surface area is 103 Å². The van der Waals surface area contributed by atoms with Crippen molar-refractivity contribution in [2.24, 2.45) is 5.92 Å². The van der Waals surface area contributed by atoms with Crippen LogP contribution in [0.1, 0.15) is 37.7 Å². The van der Waals surface area contributed by atoms with E-state index in [0.717, 1.165) is 24.4 Å². The van der Waals surface area contributed by atoms with E-state index in [0.29, 0.717) is 6.42 Å². The van der Waals surface area contributed by atoms with Crippen molar-refractivity contribution < 1.29 is 4.79 Å². The molecule has 17 heavy (non-hydrogen) atoms. The van der Waals surface area contributed by atoms with Crippen LogP contribution in [0.2, 0.25) is 0 Å². The predicted octanol–water partition coefficient (Wildman–Crippen LogP) is 2.93. The van der Waals surface area contributed by atoms with Gasteiger partial charge in [-0.3, -0.25) is 4.79 Å². The number of amides is 1. The molecule has 0 aromatic heterocycles. The maximum atomic E-state index is 11.7. The molecule has 0 bridgehead atoms. The highest BCUT2D eigenvalue weighted by Crippen LogP contribution is 2.26. The summed E-state index contributed by atoms with van der Waals surface area (Å²) in [7, 11) is 0. The first-order valence-electron chi connectivity index (χ1n) is 6.65. The molecule has 2 heteroatoms. The zero-order chi connectivity index (χ0) is 11.9. The summed E-state index contributed by atoms with van der Waals surface area (Å²) in [5.74, 6) is 1.00. The van der Waals surface area contributed by atoms with Crippen LogP contribution < -0.4 is 5.32 Å². The van der Waals surface area contributed by atoms with Gasteiger partial charge in [0.1, 0.15) is 0 Å². The lowest BCUT2D eigenvalue weighted by Crippen LogP contribution is -2.27. The van der Waals surface area contributed by atoms with Crippen molar-refractivity contribution in [3.8, 4) is 0 Å². The standard InChI is InChI=1S/C15H21NO/c17-15(12-14-8-2-1-3-9-14)16-11-10-13-6-4-5-7-13/h1-3,8-9,13H,4-7,10-12H2,(H,16,17). The van der Waals surface area contributed by atoms with Gasteiger partial charge in [0, 0.05) is 6.54 Å². The van der Waals surface area contributed by atoms with Crippen LogP contribution in [0.15, 0.2) is 30.3 Å². The molecule has 1 saturated carbocycles. The summed E-state index contributed by atoms with van der Waals surface area (Å²) in [5, 5.41) is 3.02. The molecule has 1 N–H and O–H groups in total. The molecule has 1 fully saturated rings. The number of nitrogens with one attached hydrogen (secondary N) is 1. The predicted molar refractivity (Wildman–Crippen MR) is 69.7 cm³/mol. The fourth-order valence-electron chi connectivity index (χ4n) is 2.56. The molecule has 0 radical (unpaired) electrons. The van der Waals surface area contributed by atoms with Gasteiger partial charge < -0.3 is 5.32 Å². The first-order valence-corrected chi connectivity index (χ1v) is 6.65. The number of carbonyl (C=O) groups is 1. The van der Waals surface area contributed by atoms with Crippen LogP contribution in [0.4, 0.5) is 0 Å². The topological polar surface area (TPSA) is 29.1 Å². The summed E-state index contributed by atoms with van der Waals surface area (Å²) in [5.41, 5.74) is 1.09. The van der Waals surface area contributed by atoms with Crippen LogP contribution in [0, 0.1) is 5.92 Å². The van der Waals surface area contributed by atoms with Gasteiger partial charge in [-0.05, 0) is 17.9 Å². The zero-order valence-electron chi connectivity index (χ0n) is 10.3. The number of rotatable bonds is 5. The second kappa shape index (κ2) is 6.43.